The molecule has 1 atom stereocenters. The fourth-order valence-corrected chi connectivity index (χ4v) is 1.30. The lowest BCUT2D eigenvalue weighted by Crippen LogP contribution is -2.32. The van der Waals surface area contributed by atoms with Crippen molar-refractivity contribution in [3.63, 3.8) is 0 Å². The third-order valence-electron chi connectivity index (χ3n) is 1.90. The summed E-state index contributed by atoms with van der Waals surface area (Å²) >= 11 is 0. The second-order valence-corrected chi connectivity index (χ2v) is 3.65. The average Bonchev–Trinajstić information content (AvgIpc) is 2.01. The van der Waals surface area contributed by atoms with Gasteiger partial charge in [0.05, 0.1) is 6.04 Å². The summed E-state index contributed by atoms with van der Waals surface area (Å²) in [6.45, 7) is 5.65. The molecular formula is C11H16N2O. The Labute approximate surface area is 84.3 Å². The maximum absolute atomic E-state index is 11.3. The van der Waals surface area contributed by atoms with Crippen molar-refractivity contribution in [1.29, 1.82) is 0 Å². The molecule has 0 saturated carbocycles. The van der Waals surface area contributed by atoms with Gasteiger partial charge in [-0.1, -0.05) is 6.07 Å². The molecule has 0 heterocycles. The molecular weight excluding hydrogens is 176 g/mol. The van der Waals surface area contributed by atoms with Gasteiger partial charge in [-0.2, -0.15) is 0 Å². The van der Waals surface area contributed by atoms with Crippen molar-refractivity contribution in [3.05, 3.63) is 29.3 Å². The summed E-state index contributed by atoms with van der Waals surface area (Å²) in [5, 5.41) is 2.76. The first kappa shape index (κ1) is 10.7. The highest BCUT2D eigenvalue weighted by molar-refractivity contribution is 5.94. The maximum atomic E-state index is 11.3. The van der Waals surface area contributed by atoms with Crippen molar-refractivity contribution in [3.8, 4) is 0 Å². The van der Waals surface area contributed by atoms with Crippen molar-refractivity contribution >= 4 is 11.6 Å². The molecule has 14 heavy (non-hydrogen) atoms. The summed E-state index contributed by atoms with van der Waals surface area (Å²) in [7, 11) is 0. The topological polar surface area (TPSA) is 55.1 Å². The highest BCUT2D eigenvalue weighted by atomic mass is 16.2. The molecule has 1 aromatic rings. The van der Waals surface area contributed by atoms with Gasteiger partial charge in [-0.15, -0.1) is 0 Å². The third kappa shape index (κ3) is 2.85. The van der Waals surface area contributed by atoms with Crippen molar-refractivity contribution in [2.45, 2.75) is 26.8 Å². The zero-order chi connectivity index (χ0) is 10.7. The lowest BCUT2D eigenvalue weighted by molar-refractivity contribution is -0.117. The Hall–Kier alpha value is -1.35. The molecule has 0 aromatic heterocycles. The smallest absolute Gasteiger partial charge is 0.240 e. The van der Waals surface area contributed by atoms with Gasteiger partial charge in [-0.3, -0.25) is 4.79 Å². The molecule has 76 valence electrons. The zero-order valence-electron chi connectivity index (χ0n) is 8.79. The Morgan fingerprint density at radius 2 is 1.79 bits per heavy atom. The molecule has 0 fully saturated rings. The minimum Gasteiger partial charge on any atom is -0.325 e. The van der Waals surface area contributed by atoms with Crippen molar-refractivity contribution < 1.29 is 4.79 Å². The van der Waals surface area contributed by atoms with Crippen LogP contribution in [0.2, 0.25) is 0 Å². The van der Waals surface area contributed by atoms with Crippen LogP contribution in [-0.2, 0) is 4.79 Å². The summed E-state index contributed by atoms with van der Waals surface area (Å²) in [6.07, 6.45) is 0. The van der Waals surface area contributed by atoms with E-state index in [0.717, 1.165) is 16.8 Å². The monoisotopic (exact) mass is 192 g/mol. The molecule has 1 amide bonds. The zero-order valence-corrected chi connectivity index (χ0v) is 8.79. The Morgan fingerprint density at radius 1 is 1.29 bits per heavy atom. The van der Waals surface area contributed by atoms with Gasteiger partial charge in [0.15, 0.2) is 0 Å². The van der Waals surface area contributed by atoms with Crippen LogP contribution in [0.4, 0.5) is 5.69 Å². The van der Waals surface area contributed by atoms with Crippen LogP contribution < -0.4 is 11.1 Å². The predicted molar refractivity (Wildman–Crippen MR) is 58.2 cm³/mol. The number of nitrogens with one attached hydrogen (secondary N) is 1. The maximum Gasteiger partial charge on any atom is 0.240 e. The van der Waals surface area contributed by atoms with Crippen LogP contribution in [0.25, 0.3) is 0 Å². The van der Waals surface area contributed by atoms with Crippen LogP contribution in [0.1, 0.15) is 18.1 Å². The van der Waals surface area contributed by atoms with Crippen LogP contribution in [0.5, 0.6) is 0 Å². The molecule has 0 aliphatic heterocycles. The van der Waals surface area contributed by atoms with E-state index in [1.54, 1.807) is 6.92 Å². The van der Waals surface area contributed by atoms with Crippen LogP contribution in [0, 0.1) is 13.8 Å². The molecule has 0 spiro atoms. The number of carbonyl (C=O) groups is 1. The first-order chi connectivity index (χ1) is 6.49. The second kappa shape index (κ2) is 4.24. The van der Waals surface area contributed by atoms with Crippen LogP contribution in [0.15, 0.2) is 18.2 Å². The number of carbonyl (C=O) groups excluding carboxylic acids is 1. The van der Waals surface area contributed by atoms with E-state index in [-0.39, 0.29) is 5.91 Å². The lowest BCUT2D eigenvalue weighted by atomic mass is 10.1. The van der Waals surface area contributed by atoms with E-state index >= 15 is 0 Å². The summed E-state index contributed by atoms with van der Waals surface area (Å²) in [5.74, 6) is -0.157. The van der Waals surface area contributed by atoms with Crippen LogP contribution in [-0.4, -0.2) is 11.9 Å². The highest BCUT2D eigenvalue weighted by Crippen LogP contribution is 2.13. The SMILES string of the molecule is Cc1cc(C)cc(NC(=O)[C@H](C)N)c1. The second-order valence-electron chi connectivity index (χ2n) is 3.65. The third-order valence-corrected chi connectivity index (χ3v) is 1.90. The van der Waals surface area contributed by atoms with E-state index < -0.39 is 6.04 Å². The first-order valence-corrected chi connectivity index (χ1v) is 4.64. The quantitative estimate of drug-likeness (QED) is 0.747. The molecule has 0 bridgehead atoms. The van der Waals surface area contributed by atoms with E-state index in [1.807, 2.05) is 26.0 Å². The van der Waals surface area contributed by atoms with E-state index in [1.165, 1.54) is 0 Å². The summed E-state index contributed by atoms with van der Waals surface area (Å²) < 4.78 is 0. The Bertz CT molecular complexity index is 325. The number of anilines is 1. The predicted octanol–water partition coefficient (Wildman–Crippen LogP) is 1.59. The number of rotatable bonds is 2. The van der Waals surface area contributed by atoms with Gasteiger partial charge in [-0.05, 0) is 44.0 Å². The molecule has 0 radical (unpaired) electrons. The molecule has 0 aliphatic carbocycles. The summed E-state index contributed by atoms with van der Waals surface area (Å²) in [5.41, 5.74) is 8.52. The first-order valence-electron chi connectivity index (χ1n) is 4.64. The van der Waals surface area contributed by atoms with Gasteiger partial charge in [0.25, 0.3) is 0 Å². The van der Waals surface area contributed by atoms with E-state index in [4.69, 9.17) is 5.73 Å². The van der Waals surface area contributed by atoms with E-state index in [2.05, 4.69) is 11.4 Å². The van der Waals surface area contributed by atoms with Crippen molar-refractivity contribution in [2.75, 3.05) is 5.32 Å². The number of hydrogen-bond acceptors (Lipinski definition) is 2. The Kier molecular flexibility index (Phi) is 3.25. The van der Waals surface area contributed by atoms with Gasteiger partial charge >= 0.3 is 0 Å². The number of benzene rings is 1. The number of hydrogen-bond donors (Lipinski definition) is 2. The van der Waals surface area contributed by atoms with Crippen molar-refractivity contribution in [2.24, 2.45) is 5.73 Å². The molecule has 1 rings (SSSR count). The van der Waals surface area contributed by atoms with Gasteiger partial charge in [-0.25, -0.2) is 0 Å². The minimum atomic E-state index is -0.476. The molecule has 3 N–H and O–H groups in total. The Morgan fingerprint density at radius 3 is 2.21 bits per heavy atom. The fourth-order valence-electron chi connectivity index (χ4n) is 1.30. The average molecular weight is 192 g/mol. The number of aryl methyl sites for hydroxylation is 2. The molecule has 1 aromatic carbocycles. The largest absolute Gasteiger partial charge is 0.325 e. The minimum absolute atomic E-state index is 0.157. The molecule has 0 unspecified atom stereocenters. The van der Waals surface area contributed by atoms with E-state index in [9.17, 15) is 4.79 Å². The van der Waals surface area contributed by atoms with E-state index in [0.29, 0.717) is 0 Å². The molecule has 3 nitrogen and oxygen atoms in total. The normalized spacial score (nSPS) is 12.3. The van der Waals surface area contributed by atoms with Crippen molar-refractivity contribution in [1.82, 2.24) is 0 Å². The fraction of sp³-hybridized carbons (Fsp3) is 0.364. The van der Waals surface area contributed by atoms with Gasteiger partial charge < -0.3 is 11.1 Å². The summed E-state index contributed by atoms with van der Waals surface area (Å²) in [4.78, 5) is 11.3. The Balaban J connectivity index is 2.82. The number of amides is 1. The van der Waals surface area contributed by atoms with Crippen LogP contribution >= 0.6 is 0 Å². The van der Waals surface area contributed by atoms with Crippen LogP contribution in [0.3, 0.4) is 0 Å². The van der Waals surface area contributed by atoms with Gasteiger partial charge in [0.2, 0.25) is 5.91 Å². The molecule has 0 saturated heterocycles. The molecule has 3 heteroatoms. The standard InChI is InChI=1S/C11H16N2O/c1-7-4-8(2)6-10(5-7)13-11(14)9(3)12/h4-6,9H,12H2,1-3H3,(H,13,14)/t9-/m0/s1. The molecule has 0 aliphatic rings. The van der Waals surface area contributed by atoms with Gasteiger partial charge in [0.1, 0.15) is 0 Å². The number of nitrogens with two attached hydrogens (primary N) is 1. The lowest BCUT2D eigenvalue weighted by Gasteiger charge is -2.09. The highest BCUT2D eigenvalue weighted by Gasteiger charge is 2.07. The van der Waals surface area contributed by atoms with Gasteiger partial charge in [0, 0.05) is 5.69 Å². The summed E-state index contributed by atoms with van der Waals surface area (Å²) in [6, 6.07) is 5.43.